The zero-order chi connectivity index (χ0) is 21.9. The summed E-state index contributed by atoms with van der Waals surface area (Å²) in [5.74, 6) is 0. The minimum atomic E-state index is -4.50. The van der Waals surface area contributed by atoms with Crippen molar-refractivity contribution in [2.45, 2.75) is 17.6 Å². The van der Waals surface area contributed by atoms with Crippen LogP contribution in [0.2, 0.25) is 0 Å². The normalized spacial score (nSPS) is 11.8. The molecule has 0 aliphatic carbocycles. The van der Waals surface area contributed by atoms with Crippen LogP contribution in [0.4, 0.5) is 24.5 Å². The van der Waals surface area contributed by atoms with Crippen LogP contribution in [0.15, 0.2) is 83.8 Å². The van der Waals surface area contributed by atoms with E-state index in [4.69, 9.17) is 0 Å². The van der Waals surface area contributed by atoms with Crippen LogP contribution in [0.5, 0.6) is 0 Å². The molecule has 6 nitrogen and oxygen atoms in total. The Bertz CT molecular complexity index is 1130. The van der Waals surface area contributed by atoms with Crippen molar-refractivity contribution in [3.05, 3.63) is 100 Å². The number of nitro groups is 1. The van der Waals surface area contributed by atoms with Gasteiger partial charge in [-0.25, -0.2) is 8.42 Å². The van der Waals surface area contributed by atoms with Crippen LogP contribution in [0, 0.1) is 10.1 Å². The number of hydrogen-bond acceptors (Lipinski definition) is 4. The largest absolute Gasteiger partial charge is 0.416 e. The summed E-state index contributed by atoms with van der Waals surface area (Å²) in [5.41, 5.74) is -0.452. The molecule has 0 N–H and O–H groups in total. The third-order valence-electron chi connectivity index (χ3n) is 4.29. The van der Waals surface area contributed by atoms with Gasteiger partial charge in [-0.2, -0.15) is 13.2 Å². The average molecular weight is 436 g/mol. The molecular weight excluding hydrogens is 421 g/mol. The lowest BCUT2D eigenvalue weighted by Crippen LogP contribution is -2.30. The molecule has 0 heterocycles. The fourth-order valence-corrected chi connectivity index (χ4v) is 4.19. The summed E-state index contributed by atoms with van der Waals surface area (Å²) in [6, 6.07) is 16.6. The molecule has 10 heteroatoms. The van der Waals surface area contributed by atoms with Crippen molar-refractivity contribution in [3.8, 4) is 0 Å². The SMILES string of the molecule is O=[N+]([O-])c1ccc(S(=O)(=O)N(Cc2ccc(C(F)(F)F)cc2)c2ccccc2)cc1. The highest BCUT2D eigenvalue weighted by Gasteiger charge is 2.30. The Kier molecular flexibility index (Phi) is 5.79. The minimum absolute atomic E-state index is 0.177. The van der Waals surface area contributed by atoms with E-state index in [2.05, 4.69) is 0 Å². The molecule has 0 saturated carbocycles. The van der Waals surface area contributed by atoms with Crippen molar-refractivity contribution in [1.82, 2.24) is 0 Å². The van der Waals surface area contributed by atoms with E-state index in [0.29, 0.717) is 11.3 Å². The molecule has 3 rings (SSSR count). The van der Waals surface area contributed by atoms with Crippen molar-refractivity contribution in [1.29, 1.82) is 0 Å². The quantitative estimate of drug-likeness (QED) is 0.402. The predicted molar refractivity (Wildman–Crippen MR) is 104 cm³/mol. The number of nitrogens with zero attached hydrogens (tertiary/aromatic N) is 2. The molecule has 0 fully saturated rings. The first-order valence-corrected chi connectivity index (χ1v) is 10.0. The Morgan fingerprint density at radius 2 is 1.43 bits per heavy atom. The number of non-ortho nitro benzene ring substituents is 1. The van der Waals surface area contributed by atoms with Crippen LogP contribution in [0.25, 0.3) is 0 Å². The lowest BCUT2D eigenvalue weighted by molar-refractivity contribution is -0.384. The van der Waals surface area contributed by atoms with E-state index >= 15 is 0 Å². The molecule has 0 aliphatic heterocycles. The predicted octanol–water partition coefficient (Wildman–Crippen LogP) is 5.01. The van der Waals surface area contributed by atoms with Gasteiger partial charge in [-0.1, -0.05) is 30.3 Å². The van der Waals surface area contributed by atoms with Gasteiger partial charge in [0.1, 0.15) is 0 Å². The minimum Gasteiger partial charge on any atom is -0.262 e. The molecule has 0 atom stereocenters. The van der Waals surface area contributed by atoms with Gasteiger partial charge in [0.25, 0.3) is 15.7 Å². The van der Waals surface area contributed by atoms with E-state index in [9.17, 15) is 31.7 Å². The van der Waals surface area contributed by atoms with Crippen LogP contribution in [0.1, 0.15) is 11.1 Å². The topological polar surface area (TPSA) is 80.5 Å². The highest BCUT2D eigenvalue weighted by Crippen LogP contribution is 2.31. The Morgan fingerprint density at radius 3 is 1.93 bits per heavy atom. The molecule has 0 radical (unpaired) electrons. The summed E-state index contributed by atoms with van der Waals surface area (Å²) < 4.78 is 65.9. The number of benzene rings is 3. The number of alkyl halides is 3. The van der Waals surface area contributed by atoms with Crippen LogP contribution in [-0.2, 0) is 22.7 Å². The van der Waals surface area contributed by atoms with Gasteiger partial charge in [-0.05, 0) is 42.0 Å². The zero-order valence-corrected chi connectivity index (χ0v) is 16.1. The lowest BCUT2D eigenvalue weighted by atomic mass is 10.1. The highest BCUT2D eigenvalue weighted by molar-refractivity contribution is 7.92. The Labute approximate surface area is 170 Å². The third kappa shape index (κ3) is 4.60. The number of para-hydroxylation sites is 1. The van der Waals surface area contributed by atoms with Crippen molar-refractivity contribution in [2.75, 3.05) is 4.31 Å². The molecule has 3 aromatic rings. The van der Waals surface area contributed by atoms with Crippen molar-refractivity contribution < 1.29 is 26.5 Å². The number of anilines is 1. The molecule has 0 spiro atoms. The van der Waals surface area contributed by atoms with Crippen molar-refractivity contribution in [2.24, 2.45) is 0 Å². The highest BCUT2D eigenvalue weighted by atomic mass is 32.2. The number of hydrogen-bond donors (Lipinski definition) is 0. The summed E-state index contributed by atoms with van der Waals surface area (Å²) >= 11 is 0. The van der Waals surface area contributed by atoms with Crippen LogP contribution in [-0.4, -0.2) is 13.3 Å². The number of nitro benzene ring substituents is 1. The fraction of sp³-hybridized carbons (Fsp3) is 0.100. The molecule has 0 aromatic heterocycles. The van der Waals surface area contributed by atoms with Crippen molar-refractivity contribution >= 4 is 21.4 Å². The standard InChI is InChI=1S/C20H15F3N2O4S/c21-20(22,23)16-8-6-15(7-9-16)14-24(17-4-2-1-3-5-17)30(28,29)19-12-10-18(11-13-19)25(26)27/h1-13H,14H2. The van der Waals surface area contributed by atoms with Gasteiger partial charge < -0.3 is 0 Å². The zero-order valence-electron chi connectivity index (χ0n) is 15.3. The summed E-state index contributed by atoms with van der Waals surface area (Å²) in [6.45, 7) is -0.221. The Morgan fingerprint density at radius 1 is 0.867 bits per heavy atom. The monoisotopic (exact) mass is 436 g/mol. The second-order valence-electron chi connectivity index (χ2n) is 6.29. The molecule has 0 saturated heterocycles. The van der Waals surface area contributed by atoms with E-state index in [1.54, 1.807) is 30.3 Å². The maximum absolute atomic E-state index is 13.2. The van der Waals surface area contributed by atoms with Gasteiger partial charge in [0.05, 0.1) is 27.6 Å². The molecule has 0 aliphatic rings. The molecule has 0 unspecified atom stereocenters. The molecule has 3 aromatic carbocycles. The van der Waals surface area contributed by atoms with Gasteiger partial charge >= 0.3 is 6.18 Å². The Balaban J connectivity index is 2.00. The average Bonchev–Trinajstić information content (AvgIpc) is 2.72. The number of rotatable bonds is 6. The second kappa shape index (κ2) is 8.15. The lowest BCUT2D eigenvalue weighted by Gasteiger charge is -2.25. The maximum Gasteiger partial charge on any atom is 0.416 e. The van der Waals surface area contributed by atoms with Gasteiger partial charge in [0.15, 0.2) is 0 Å². The van der Waals surface area contributed by atoms with Crippen LogP contribution >= 0.6 is 0 Å². The summed E-state index contributed by atoms with van der Waals surface area (Å²) in [7, 11) is -4.14. The first kappa shape index (κ1) is 21.3. The molecule has 0 bridgehead atoms. The molecule has 30 heavy (non-hydrogen) atoms. The van der Waals surface area contributed by atoms with Crippen molar-refractivity contribution in [3.63, 3.8) is 0 Å². The van der Waals surface area contributed by atoms with Gasteiger partial charge in [0.2, 0.25) is 0 Å². The Hall–Kier alpha value is -3.40. The number of halogens is 3. The van der Waals surface area contributed by atoms with E-state index < -0.39 is 26.7 Å². The summed E-state index contributed by atoms with van der Waals surface area (Å²) in [6.07, 6.45) is -4.50. The van der Waals surface area contributed by atoms with Gasteiger partial charge in [-0.3, -0.25) is 14.4 Å². The second-order valence-corrected chi connectivity index (χ2v) is 8.16. The first-order chi connectivity index (χ1) is 14.1. The van der Waals surface area contributed by atoms with Gasteiger partial charge in [-0.15, -0.1) is 0 Å². The molecular formula is C20H15F3N2O4S. The number of sulfonamides is 1. The van der Waals surface area contributed by atoms with E-state index in [1.165, 1.54) is 12.1 Å². The molecule has 156 valence electrons. The summed E-state index contributed by atoms with van der Waals surface area (Å²) in [5, 5.41) is 10.8. The smallest absolute Gasteiger partial charge is 0.262 e. The van der Waals surface area contributed by atoms with E-state index in [-0.39, 0.29) is 17.1 Å². The third-order valence-corrected chi connectivity index (χ3v) is 6.08. The first-order valence-electron chi connectivity index (χ1n) is 8.57. The van der Waals surface area contributed by atoms with Crippen LogP contribution in [0.3, 0.4) is 0 Å². The molecule has 0 amide bonds. The fourth-order valence-electron chi connectivity index (χ4n) is 2.74. The van der Waals surface area contributed by atoms with Crippen LogP contribution < -0.4 is 4.31 Å². The summed E-state index contributed by atoms with van der Waals surface area (Å²) in [4.78, 5) is 10.00. The van der Waals surface area contributed by atoms with E-state index in [0.717, 1.165) is 40.7 Å². The van der Waals surface area contributed by atoms with E-state index in [1.807, 2.05) is 0 Å². The maximum atomic E-state index is 13.2. The van der Waals surface area contributed by atoms with Gasteiger partial charge in [0, 0.05) is 12.1 Å².